The largest absolute Gasteiger partial charge is 0.304 e. The van der Waals surface area contributed by atoms with Crippen LogP contribution in [0.1, 0.15) is 5.56 Å². The molecule has 0 spiro atoms. The maximum absolute atomic E-state index is 4.95. The zero-order chi connectivity index (χ0) is 9.10. The highest BCUT2D eigenvalue weighted by Crippen LogP contribution is 2.17. The van der Waals surface area contributed by atoms with Gasteiger partial charge >= 0.3 is 0 Å². The van der Waals surface area contributed by atoms with Gasteiger partial charge in [-0.15, -0.1) is 5.10 Å². The predicted octanol–water partition coefficient (Wildman–Crippen LogP) is 1.12. The van der Waals surface area contributed by atoms with E-state index in [1.54, 1.807) is 0 Å². The van der Waals surface area contributed by atoms with Crippen molar-refractivity contribution in [3.8, 4) is 0 Å². The Morgan fingerprint density at radius 1 is 1.46 bits per heavy atom. The molecule has 68 valence electrons. The molecule has 13 heavy (non-hydrogen) atoms. The number of nitrogens with two attached hydrogens (primary N) is 1. The fourth-order valence-corrected chi connectivity index (χ4v) is 1.78. The van der Waals surface area contributed by atoms with E-state index in [0.29, 0.717) is 6.61 Å². The van der Waals surface area contributed by atoms with Crippen molar-refractivity contribution in [3.63, 3.8) is 0 Å². The summed E-state index contributed by atoms with van der Waals surface area (Å²) in [5.41, 5.74) is 2.14. The number of aromatic nitrogens is 2. The van der Waals surface area contributed by atoms with Crippen LogP contribution in [0, 0.1) is 0 Å². The molecular formula is C8H9N3OS. The number of benzene rings is 1. The molecule has 0 fully saturated rings. The molecule has 1 aromatic heterocycles. The Morgan fingerprint density at radius 3 is 3.23 bits per heavy atom. The van der Waals surface area contributed by atoms with E-state index in [1.165, 1.54) is 17.1 Å². The Hall–Kier alpha value is -1.04. The number of hydrogen-bond acceptors (Lipinski definition) is 5. The molecular weight excluding hydrogens is 186 g/mol. The monoisotopic (exact) mass is 195 g/mol. The van der Waals surface area contributed by atoms with Crippen LogP contribution in [0.2, 0.25) is 0 Å². The van der Waals surface area contributed by atoms with Gasteiger partial charge in [0, 0.05) is 0 Å². The lowest BCUT2D eigenvalue weighted by Gasteiger charge is -1.98. The molecule has 0 bridgehead atoms. The Labute approximate surface area is 79.4 Å². The van der Waals surface area contributed by atoms with Crippen LogP contribution in [0.25, 0.3) is 10.2 Å². The van der Waals surface area contributed by atoms with Crippen molar-refractivity contribution in [2.24, 2.45) is 5.90 Å². The lowest BCUT2D eigenvalue weighted by Crippen LogP contribution is -2.03. The average molecular weight is 195 g/mol. The van der Waals surface area contributed by atoms with Crippen LogP contribution in [0.3, 0.4) is 0 Å². The van der Waals surface area contributed by atoms with Crippen molar-refractivity contribution in [3.05, 3.63) is 23.8 Å². The van der Waals surface area contributed by atoms with Crippen LogP contribution in [0.15, 0.2) is 18.2 Å². The minimum absolute atomic E-state index is 0.539. The molecule has 0 aliphatic heterocycles. The first-order valence-corrected chi connectivity index (χ1v) is 4.70. The molecule has 2 N–H and O–H groups in total. The van der Waals surface area contributed by atoms with Crippen molar-refractivity contribution in [2.75, 3.05) is 6.61 Å². The van der Waals surface area contributed by atoms with Crippen molar-refractivity contribution in [1.29, 1.82) is 0 Å². The molecule has 2 rings (SSSR count). The summed E-state index contributed by atoms with van der Waals surface area (Å²) in [7, 11) is 0. The van der Waals surface area contributed by atoms with Crippen LogP contribution in [0.5, 0.6) is 0 Å². The normalized spacial score (nSPS) is 10.8. The molecule has 0 saturated carbocycles. The molecule has 5 heteroatoms. The molecule has 4 nitrogen and oxygen atoms in total. The highest BCUT2D eigenvalue weighted by molar-refractivity contribution is 7.12. The maximum atomic E-state index is 4.95. The van der Waals surface area contributed by atoms with Crippen molar-refractivity contribution in [2.45, 2.75) is 6.42 Å². The van der Waals surface area contributed by atoms with Crippen LogP contribution >= 0.6 is 11.5 Å². The summed E-state index contributed by atoms with van der Waals surface area (Å²) in [5.74, 6) is 4.95. The van der Waals surface area contributed by atoms with Crippen molar-refractivity contribution in [1.82, 2.24) is 9.59 Å². The van der Waals surface area contributed by atoms with E-state index in [9.17, 15) is 0 Å². The van der Waals surface area contributed by atoms with Crippen LogP contribution in [-0.4, -0.2) is 16.2 Å². The van der Waals surface area contributed by atoms with Crippen molar-refractivity contribution < 1.29 is 4.84 Å². The first kappa shape index (κ1) is 8.55. The van der Waals surface area contributed by atoms with Crippen LogP contribution in [-0.2, 0) is 11.3 Å². The van der Waals surface area contributed by atoms with Gasteiger partial charge in [0.2, 0.25) is 0 Å². The summed E-state index contributed by atoms with van der Waals surface area (Å²) < 4.78 is 4.96. The molecule has 0 radical (unpaired) electrons. The van der Waals surface area contributed by atoms with Crippen LogP contribution in [0.4, 0.5) is 0 Å². The minimum atomic E-state index is 0.539. The van der Waals surface area contributed by atoms with Gasteiger partial charge in [0.1, 0.15) is 5.52 Å². The minimum Gasteiger partial charge on any atom is -0.304 e. The second-order valence-corrected chi connectivity index (χ2v) is 3.48. The molecule has 0 unspecified atom stereocenters. The van der Waals surface area contributed by atoms with E-state index < -0.39 is 0 Å². The van der Waals surface area contributed by atoms with E-state index in [-0.39, 0.29) is 0 Å². The van der Waals surface area contributed by atoms with Gasteiger partial charge in [-0.25, -0.2) is 5.90 Å². The summed E-state index contributed by atoms with van der Waals surface area (Å²) in [6.45, 7) is 0.539. The number of nitrogens with zero attached hydrogens (tertiary/aromatic N) is 2. The molecule has 0 amide bonds. The summed E-state index contributed by atoms with van der Waals surface area (Å²) in [5, 5.41) is 3.95. The lowest BCUT2D eigenvalue weighted by atomic mass is 10.1. The Bertz CT molecular complexity index is 401. The fraction of sp³-hybridized carbons (Fsp3) is 0.250. The lowest BCUT2D eigenvalue weighted by molar-refractivity contribution is 0.141. The average Bonchev–Trinajstić information content (AvgIpc) is 2.61. The summed E-state index contributed by atoms with van der Waals surface area (Å²) in [6, 6.07) is 6.05. The molecule has 0 saturated heterocycles. The van der Waals surface area contributed by atoms with Gasteiger partial charge in [0.05, 0.1) is 11.3 Å². The van der Waals surface area contributed by atoms with E-state index in [2.05, 4.69) is 20.5 Å². The first-order chi connectivity index (χ1) is 6.40. The van der Waals surface area contributed by atoms with Gasteiger partial charge in [0.25, 0.3) is 0 Å². The van der Waals surface area contributed by atoms with Gasteiger partial charge in [-0.2, -0.15) is 0 Å². The SMILES string of the molecule is NOCCc1ccc2nnsc2c1. The summed E-state index contributed by atoms with van der Waals surface area (Å²) in [4.78, 5) is 4.51. The number of rotatable bonds is 3. The molecule has 1 aromatic carbocycles. The van der Waals surface area contributed by atoms with E-state index in [4.69, 9.17) is 5.90 Å². The molecule has 0 aliphatic carbocycles. The highest BCUT2D eigenvalue weighted by Gasteiger charge is 1.99. The third-order valence-corrected chi connectivity index (χ3v) is 2.51. The summed E-state index contributed by atoms with van der Waals surface area (Å²) in [6.07, 6.45) is 0.824. The van der Waals surface area contributed by atoms with E-state index in [0.717, 1.165) is 16.6 Å². The van der Waals surface area contributed by atoms with E-state index in [1.807, 2.05) is 12.1 Å². The zero-order valence-electron chi connectivity index (χ0n) is 6.93. The van der Waals surface area contributed by atoms with Gasteiger partial charge < -0.3 is 4.84 Å². The molecule has 0 atom stereocenters. The van der Waals surface area contributed by atoms with Gasteiger partial charge in [-0.05, 0) is 35.6 Å². The smallest absolute Gasteiger partial charge is 0.105 e. The van der Waals surface area contributed by atoms with E-state index >= 15 is 0 Å². The fourth-order valence-electron chi connectivity index (χ4n) is 1.15. The first-order valence-electron chi connectivity index (χ1n) is 3.93. The maximum Gasteiger partial charge on any atom is 0.105 e. The number of fused-ring (bicyclic) bond motifs is 1. The quantitative estimate of drug-likeness (QED) is 0.746. The van der Waals surface area contributed by atoms with Gasteiger partial charge in [-0.3, -0.25) is 0 Å². The molecule has 2 aromatic rings. The van der Waals surface area contributed by atoms with Gasteiger partial charge in [0.15, 0.2) is 0 Å². The topological polar surface area (TPSA) is 61.0 Å². The second kappa shape index (κ2) is 3.78. The standard InChI is InChI=1S/C8H9N3OS/c9-12-4-3-6-1-2-7-8(5-6)13-11-10-7/h1-2,5H,3-4,9H2. The third-order valence-electron chi connectivity index (χ3n) is 1.82. The molecule has 0 aliphatic rings. The van der Waals surface area contributed by atoms with Crippen molar-refractivity contribution >= 4 is 21.7 Å². The Kier molecular flexibility index (Phi) is 2.49. The summed E-state index contributed by atoms with van der Waals surface area (Å²) >= 11 is 1.40. The third kappa shape index (κ3) is 1.82. The Morgan fingerprint density at radius 2 is 2.38 bits per heavy atom. The predicted molar refractivity (Wildman–Crippen MR) is 51.3 cm³/mol. The Balaban J connectivity index is 2.26. The van der Waals surface area contributed by atoms with Gasteiger partial charge in [-0.1, -0.05) is 10.6 Å². The number of hydrogen-bond donors (Lipinski definition) is 1. The second-order valence-electron chi connectivity index (χ2n) is 2.70. The molecule has 1 heterocycles. The van der Waals surface area contributed by atoms with Crippen LogP contribution < -0.4 is 5.90 Å². The highest BCUT2D eigenvalue weighted by atomic mass is 32.1. The zero-order valence-corrected chi connectivity index (χ0v) is 7.75.